The first-order chi connectivity index (χ1) is 16.7. The molecule has 14 nitrogen and oxygen atoms in total. The minimum atomic E-state index is -0.941. The Morgan fingerprint density at radius 2 is 1.74 bits per heavy atom. The molecule has 35 heavy (non-hydrogen) atoms. The SMILES string of the molecule is CCOC(=O)C=C(C(=O)OCC)n1cc(C)c(=O)n(Cc2cn(COCCOC(C)=O)nn2)c1=O. The highest BCUT2D eigenvalue weighted by atomic mass is 16.6. The molecule has 0 N–H and O–H groups in total. The molecule has 0 aromatic carbocycles. The molecule has 0 aliphatic carbocycles. The van der Waals surface area contributed by atoms with Crippen LogP contribution in [0.25, 0.3) is 5.70 Å². The summed E-state index contributed by atoms with van der Waals surface area (Å²) in [5.41, 5.74) is -1.52. The van der Waals surface area contributed by atoms with E-state index in [2.05, 4.69) is 10.3 Å². The lowest BCUT2D eigenvalue weighted by Crippen LogP contribution is -2.41. The largest absolute Gasteiger partial charge is 0.463 e. The summed E-state index contributed by atoms with van der Waals surface area (Å²) in [5.74, 6) is -2.22. The summed E-state index contributed by atoms with van der Waals surface area (Å²) in [7, 11) is 0. The zero-order valence-electron chi connectivity index (χ0n) is 19.9. The van der Waals surface area contributed by atoms with Crippen molar-refractivity contribution in [1.82, 2.24) is 24.1 Å². The molecule has 0 amide bonds. The lowest BCUT2D eigenvalue weighted by atomic mass is 10.3. The van der Waals surface area contributed by atoms with Gasteiger partial charge in [-0.2, -0.15) is 0 Å². The van der Waals surface area contributed by atoms with Gasteiger partial charge in [0.25, 0.3) is 5.56 Å². The number of aromatic nitrogens is 5. The van der Waals surface area contributed by atoms with Crippen molar-refractivity contribution < 1.29 is 33.3 Å². The van der Waals surface area contributed by atoms with Crippen LogP contribution in [-0.4, -0.2) is 68.5 Å². The Hall–Kier alpha value is -4.07. The van der Waals surface area contributed by atoms with Crippen molar-refractivity contribution in [3.8, 4) is 0 Å². The summed E-state index contributed by atoms with van der Waals surface area (Å²) >= 11 is 0. The van der Waals surface area contributed by atoms with E-state index in [-0.39, 0.29) is 51.0 Å². The Morgan fingerprint density at radius 3 is 2.40 bits per heavy atom. The minimum absolute atomic E-state index is 0.00156. The van der Waals surface area contributed by atoms with E-state index >= 15 is 0 Å². The first kappa shape index (κ1) is 27.2. The number of ether oxygens (including phenoxy) is 4. The van der Waals surface area contributed by atoms with Crippen LogP contribution in [0.3, 0.4) is 0 Å². The molecule has 0 aliphatic rings. The van der Waals surface area contributed by atoms with Gasteiger partial charge in [0.1, 0.15) is 24.7 Å². The van der Waals surface area contributed by atoms with Gasteiger partial charge in [-0.25, -0.2) is 19.1 Å². The van der Waals surface area contributed by atoms with Crippen LogP contribution in [0.1, 0.15) is 32.0 Å². The van der Waals surface area contributed by atoms with E-state index in [1.54, 1.807) is 13.8 Å². The lowest BCUT2D eigenvalue weighted by molar-refractivity contribution is -0.143. The maximum atomic E-state index is 13.1. The van der Waals surface area contributed by atoms with Crippen molar-refractivity contribution >= 4 is 23.6 Å². The van der Waals surface area contributed by atoms with Crippen LogP contribution in [0, 0.1) is 6.92 Å². The maximum Gasteiger partial charge on any atom is 0.355 e. The molecular weight excluding hydrogens is 466 g/mol. The number of hydrogen-bond donors (Lipinski definition) is 0. The highest BCUT2D eigenvalue weighted by Gasteiger charge is 2.21. The zero-order valence-corrected chi connectivity index (χ0v) is 19.9. The molecule has 14 heteroatoms. The fraction of sp³-hybridized carbons (Fsp3) is 0.476. The molecule has 0 aliphatic heterocycles. The van der Waals surface area contributed by atoms with Crippen molar-refractivity contribution in [2.45, 2.75) is 41.0 Å². The van der Waals surface area contributed by atoms with Gasteiger partial charge in [0.2, 0.25) is 0 Å². The van der Waals surface area contributed by atoms with Crippen molar-refractivity contribution in [1.29, 1.82) is 0 Å². The molecule has 2 aromatic rings. The van der Waals surface area contributed by atoms with Gasteiger partial charge in [-0.1, -0.05) is 5.21 Å². The molecule has 0 radical (unpaired) electrons. The minimum Gasteiger partial charge on any atom is -0.463 e. The van der Waals surface area contributed by atoms with Crippen molar-refractivity contribution in [2.24, 2.45) is 0 Å². The normalized spacial score (nSPS) is 11.3. The Balaban J connectivity index is 2.32. The number of carbonyl (C=O) groups is 3. The number of carbonyl (C=O) groups excluding carboxylic acids is 3. The molecule has 0 atom stereocenters. The number of hydrogen-bond acceptors (Lipinski definition) is 11. The second-order valence-corrected chi connectivity index (χ2v) is 6.98. The van der Waals surface area contributed by atoms with Crippen LogP contribution in [0.2, 0.25) is 0 Å². The van der Waals surface area contributed by atoms with E-state index in [4.69, 9.17) is 18.9 Å². The standard InChI is InChI=1S/C21H27N5O9/c1-5-33-18(28)9-17(20(30)34-6-2)25-10-14(3)19(29)26(21(25)31)12-16-11-24(23-22-16)13-32-7-8-35-15(4)27/h9-11H,5-8,12-13H2,1-4H3. The van der Waals surface area contributed by atoms with Gasteiger partial charge < -0.3 is 18.9 Å². The first-order valence-electron chi connectivity index (χ1n) is 10.7. The molecule has 2 heterocycles. The van der Waals surface area contributed by atoms with Crippen molar-refractivity contribution in [3.05, 3.63) is 50.6 Å². The second-order valence-electron chi connectivity index (χ2n) is 6.98. The average molecular weight is 493 g/mol. The second kappa shape index (κ2) is 13.0. The fourth-order valence-corrected chi connectivity index (χ4v) is 2.81. The summed E-state index contributed by atoms with van der Waals surface area (Å²) in [4.78, 5) is 61.0. The van der Waals surface area contributed by atoms with Gasteiger partial charge >= 0.3 is 23.6 Å². The highest BCUT2D eigenvalue weighted by molar-refractivity contribution is 6.14. The van der Waals surface area contributed by atoms with Crippen LogP contribution in [0.15, 0.2) is 28.1 Å². The van der Waals surface area contributed by atoms with Gasteiger partial charge in [-0.05, 0) is 20.8 Å². The molecule has 2 aromatic heterocycles. The number of rotatable bonds is 12. The Kier molecular flexibility index (Phi) is 10.1. The third kappa shape index (κ3) is 7.74. The van der Waals surface area contributed by atoms with Gasteiger partial charge in [-0.3, -0.25) is 18.7 Å². The van der Waals surface area contributed by atoms with Gasteiger partial charge in [0.05, 0.1) is 38.6 Å². The molecule has 0 saturated heterocycles. The third-order valence-corrected chi connectivity index (χ3v) is 4.29. The van der Waals surface area contributed by atoms with E-state index in [1.807, 2.05) is 0 Å². The summed E-state index contributed by atoms with van der Waals surface area (Å²) in [5, 5.41) is 7.78. The molecule has 0 spiro atoms. The Labute approximate surface area is 199 Å². The molecule has 0 unspecified atom stereocenters. The number of esters is 3. The van der Waals surface area contributed by atoms with Crippen LogP contribution >= 0.6 is 0 Å². The maximum absolute atomic E-state index is 13.1. The quantitative estimate of drug-likeness (QED) is 0.161. The summed E-state index contributed by atoms with van der Waals surface area (Å²) in [6.07, 6.45) is 3.45. The monoisotopic (exact) mass is 493 g/mol. The van der Waals surface area contributed by atoms with E-state index in [9.17, 15) is 24.0 Å². The molecule has 0 bridgehead atoms. The molecular formula is C21H27N5O9. The van der Waals surface area contributed by atoms with Gasteiger partial charge in [0, 0.05) is 18.7 Å². The fourth-order valence-electron chi connectivity index (χ4n) is 2.81. The smallest absolute Gasteiger partial charge is 0.355 e. The van der Waals surface area contributed by atoms with Crippen molar-refractivity contribution in [3.63, 3.8) is 0 Å². The summed E-state index contributed by atoms with van der Waals surface area (Å²) < 4.78 is 22.9. The highest BCUT2D eigenvalue weighted by Crippen LogP contribution is 2.07. The lowest BCUT2D eigenvalue weighted by Gasteiger charge is -2.13. The topological polar surface area (TPSA) is 163 Å². The molecule has 0 saturated carbocycles. The first-order valence-corrected chi connectivity index (χ1v) is 10.7. The third-order valence-electron chi connectivity index (χ3n) is 4.29. The van der Waals surface area contributed by atoms with Gasteiger partial charge in [-0.15, -0.1) is 5.10 Å². The van der Waals surface area contributed by atoms with Crippen LogP contribution < -0.4 is 11.2 Å². The molecule has 190 valence electrons. The van der Waals surface area contributed by atoms with Gasteiger partial charge in [0.15, 0.2) is 0 Å². The Bertz CT molecular complexity index is 1210. The predicted molar refractivity (Wildman–Crippen MR) is 119 cm³/mol. The summed E-state index contributed by atoms with van der Waals surface area (Å²) in [6, 6.07) is 0. The van der Waals surface area contributed by atoms with E-state index in [1.165, 1.54) is 24.7 Å². The molecule has 2 rings (SSSR count). The van der Waals surface area contributed by atoms with Crippen molar-refractivity contribution in [2.75, 3.05) is 26.4 Å². The van der Waals surface area contributed by atoms with Crippen LogP contribution in [-0.2, 0) is 46.6 Å². The van der Waals surface area contributed by atoms with Crippen LogP contribution in [0.4, 0.5) is 0 Å². The zero-order chi connectivity index (χ0) is 26.0. The molecule has 0 fully saturated rings. The van der Waals surface area contributed by atoms with E-state index < -0.39 is 34.9 Å². The predicted octanol–water partition coefficient (Wildman–Crippen LogP) is -0.537. The summed E-state index contributed by atoms with van der Waals surface area (Å²) in [6.45, 7) is 5.91. The van der Waals surface area contributed by atoms with E-state index in [0.717, 1.165) is 21.4 Å². The number of nitrogens with zero attached hydrogens (tertiary/aromatic N) is 5. The number of aryl methyl sites for hydroxylation is 1. The average Bonchev–Trinajstić information content (AvgIpc) is 3.25. The Morgan fingerprint density at radius 1 is 1.03 bits per heavy atom. The van der Waals surface area contributed by atoms with E-state index in [0.29, 0.717) is 0 Å². The van der Waals surface area contributed by atoms with Crippen LogP contribution in [0.5, 0.6) is 0 Å².